The van der Waals surface area contributed by atoms with Crippen molar-refractivity contribution in [2.75, 3.05) is 6.54 Å². The summed E-state index contributed by atoms with van der Waals surface area (Å²) in [6.45, 7) is 4.74. The Morgan fingerprint density at radius 2 is 1.79 bits per heavy atom. The Kier molecular flexibility index (Phi) is 3.88. The van der Waals surface area contributed by atoms with Crippen molar-refractivity contribution in [1.82, 2.24) is 5.32 Å². The fraction of sp³-hybridized carbons (Fsp3) is 0.867. The van der Waals surface area contributed by atoms with Crippen LogP contribution in [0.4, 0.5) is 0 Å². The van der Waals surface area contributed by atoms with Gasteiger partial charge in [0.05, 0.1) is 6.42 Å². The van der Waals surface area contributed by atoms with Gasteiger partial charge in [-0.05, 0) is 30.1 Å². The SMILES string of the molecule is CC1(C)CC1C(=O)NCC1(CC(=O)O)CCCCC1. The second-order valence-electron chi connectivity index (χ2n) is 7.09. The summed E-state index contributed by atoms with van der Waals surface area (Å²) in [6.07, 6.45) is 6.33. The molecule has 0 heterocycles. The molecule has 1 atom stereocenters. The van der Waals surface area contributed by atoms with Crippen molar-refractivity contribution in [2.45, 2.75) is 58.8 Å². The first-order valence-corrected chi connectivity index (χ1v) is 7.34. The van der Waals surface area contributed by atoms with Crippen molar-refractivity contribution in [3.8, 4) is 0 Å². The maximum absolute atomic E-state index is 12.0. The normalized spacial score (nSPS) is 27.6. The van der Waals surface area contributed by atoms with Gasteiger partial charge in [0.25, 0.3) is 0 Å². The molecule has 2 fully saturated rings. The van der Waals surface area contributed by atoms with Crippen LogP contribution in [0.25, 0.3) is 0 Å². The number of carbonyl (C=O) groups is 2. The highest BCUT2D eigenvalue weighted by Gasteiger charge is 2.50. The number of carboxylic acid groups (broad SMARTS) is 1. The zero-order valence-electron chi connectivity index (χ0n) is 12.0. The van der Waals surface area contributed by atoms with Gasteiger partial charge in [0, 0.05) is 12.5 Å². The molecule has 2 rings (SSSR count). The van der Waals surface area contributed by atoms with Crippen LogP contribution in [0, 0.1) is 16.7 Å². The lowest BCUT2D eigenvalue weighted by molar-refractivity contribution is -0.140. The highest BCUT2D eigenvalue weighted by atomic mass is 16.4. The molecule has 4 heteroatoms. The molecule has 0 aromatic heterocycles. The lowest BCUT2D eigenvalue weighted by Gasteiger charge is -2.36. The fourth-order valence-corrected chi connectivity index (χ4v) is 3.35. The van der Waals surface area contributed by atoms with E-state index in [2.05, 4.69) is 19.2 Å². The van der Waals surface area contributed by atoms with Crippen molar-refractivity contribution in [1.29, 1.82) is 0 Å². The summed E-state index contributed by atoms with van der Waals surface area (Å²) in [5.41, 5.74) is -0.0740. The van der Waals surface area contributed by atoms with Gasteiger partial charge < -0.3 is 10.4 Å². The molecule has 1 amide bonds. The van der Waals surface area contributed by atoms with Crippen LogP contribution in [-0.2, 0) is 9.59 Å². The first-order valence-electron chi connectivity index (χ1n) is 7.34. The largest absolute Gasteiger partial charge is 0.481 e. The van der Waals surface area contributed by atoms with E-state index in [-0.39, 0.29) is 29.1 Å². The summed E-state index contributed by atoms with van der Waals surface area (Å²) in [7, 11) is 0. The number of rotatable bonds is 5. The van der Waals surface area contributed by atoms with Gasteiger partial charge in [0.1, 0.15) is 0 Å². The van der Waals surface area contributed by atoms with E-state index in [1.54, 1.807) is 0 Å². The van der Waals surface area contributed by atoms with Crippen molar-refractivity contribution >= 4 is 11.9 Å². The maximum Gasteiger partial charge on any atom is 0.303 e. The van der Waals surface area contributed by atoms with Crippen LogP contribution < -0.4 is 5.32 Å². The Morgan fingerprint density at radius 1 is 1.21 bits per heavy atom. The minimum atomic E-state index is -0.747. The number of hydrogen-bond acceptors (Lipinski definition) is 2. The van der Waals surface area contributed by atoms with Crippen molar-refractivity contribution in [2.24, 2.45) is 16.7 Å². The average molecular weight is 267 g/mol. The monoisotopic (exact) mass is 267 g/mol. The summed E-state index contributed by atoms with van der Waals surface area (Å²) in [4.78, 5) is 23.1. The van der Waals surface area contributed by atoms with Gasteiger partial charge in [0.15, 0.2) is 0 Å². The van der Waals surface area contributed by atoms with Gasteiger partial charge in [-0.15, -0.1) is 0 Å². The molecule has 0 aromatic rings. The molecule has 2 saturated carbocycles. The van der Waals surface area contributed by atoms with Crippen molar-refractivity contribution in [3.63, 3.8) is 0 Å². The summed E-state index contributed by atoms with van der Waals surface area (Å²) in [6, 6.07) is 0. The fourth-order valence-electron chi connectivity index (χ4n) is 3.35. The number of carboxylic acids is 1. The van der Waals surface area contributed by atoms with Gasteiger partial charge in [-0.25, -0.2) is 0 Å². The highest BCUT2D eigenvalue weighted by Crippen LogP contribution is 2.51. The minimum Gasteiger partial charge on any atom is -0.481 e. The molecule has 4 nitrogen and oxygen atoms in total. The van der Waals surface area contributed by atoms with Gasteiger partial charge in [-0.1, -0.05) is 33.1 Å². The lowest BCUT2D eigenvalue weighted by atomic mass is 9.71. The Morgan fingerprint density at radius 3 is 2.26 bits per heavy atom. The predicted molar refractivity (Wildman–Crippen MR) is 72.7 cm³/mol. The second-order valence-corrected chi connectivity index (χ2v) is 7.09. The lowest BCUT2D eigenvalue weighted by Crippen LogP contribution is -2.41. The van der Waals surface area contributed by atoms with E-state index in [9.17, 15) is 9.59 Å². The molecule has 0 aromatic carbocycles. The highest BCUT2D eigenvalue weighted by molar-refractivity contribution is 5.82. The maximum atomic E-state index is 12.0. The molecular formula is C15H25NO3. The predicted octanol–water partition coefficient (Wildman–Crippen LogP) is 2.57. The summed E-state index contributed by atoms with van der Waals surface area (Å²) in [5, 5.41) is 12.1. The van der Waals surface area contributed by atoms with Crippen LogP contribution in [0.5, 0.6) is 0 Å². The topological polar surface area (TPSA) is 66.4 Å². The van der Waals surface area contributed by atoms with Crippen LogP contribution >= 0.6 is 0 Å². The zero-order chi connectivity index (χ0) is 14.1. The van der Waals surface area contributed by atoms with Crippen molar-refractivity contribution in [3.05, 3.63) is 0 Å². The number of hydrogen-bond donors (Lipinski definition) is 2. The summed E-state index contributed by atoms with van der Waals surface area (Å²) in [5.74, 6) is -0.513. The van der Waals surface area contributed by atoms with E-state index in [1.807, 2.05) is 0 Å². The smallest absolute Gasteiger partial charge is 0.303 e. The van der Waals surface area contributed by atoms with Gasteiger partial charge in [0.2, 0.25) is 5.91 Å². The molecule has 2 aliphatic rings. The Balaban J connectivity index is 1.89. The van der Waals surface area contributed by atoms with Crippen molar-refractivity contribution < 1.29 is 14.7 Å². The average Bonchev–Trinajstić information content (AvgIpc) is 2.96. The first kappa shape index (κ1) is 14.4. The third-order valence-corrected chi connectivity index (χ3v) is 4.91. The number of carbonyl (C=O) groups excluding carboxylic acids is 1. The Bertz CT molecular complexity index is 370. The summed E-state index contributed by atoms with van der Waals surface area (Å²) >= 11 is 0. The number of amides is 1. The quantitative estimate of drug-likeness (QED) is 0.804. The van der Waals surface area contributed by atoms with Gasteiger partial charge in [-0.2, -0.15) is 0 Å². The third kappa shape index (κ3) is 3.48. The van der Waals surface area contributed by atoms with Crippen LogP contribution in [0.2, 0.25) is 0 Å². The van der Waals surface area contributed by atoms with Crippen LogP contribution in [0.1, 0.15) is 58.8 Å². The molecule has 0 aliphatic heterocycles. The zero-order valence-corrected chi connectivity index (χ0v) is 12.0. The molecule has 2 N–H and O–H groups in total. The van der Waals surface area contributed by atoms with Crippen LogP contribution in [-0.4, -0.2) is 23.5 Å². The van der Waals surface area contributed by atoms with E-state index in [0.717, 1.165) is 32.1 Å². The number of aliphatic carboxylic acids is 1. The molecule has 0 radical (unpaired) electrons. The van der Waals surface area contributed by atoms with Crippen LogP contribution in [0.3, 0.4) is 0 Å². The van der Waals surface area contributed by atoms with E-state index in [0.29, 0.717) is 6.54 Å². The molecule has 0 spiro atoms. The van der Waals surface area contributed by atoms with E-state index in [1.165, 1.54) is 6.42 Å². The molecule has 19 heavy (non-hydrogen) atoms. The molecular weight excluding hydrogens is 242 g/mol. The number of nitrogens with one attached hydrogen (secondary N) is 1. The minimum absolute atomic E-state index is 0.111. The van der Waals surface area contributed by atoms with Gasteiger partial charge >= 0.3 is 5.97 Å². The van der Waals surface area contributed by atoms with E-state index in [4.69, 9.17) is 5.11 Å². The van der Waals surface area contributed by atoms with E-state index < -0.39 is 5.97 Å². The standard InChI is InChI=1S/C15H25NO3/c1-14(2)8-11(14)13(19)16-10-15(9-12(17)18)6-4-3-5-7-15/h11H,3-10H2,1-2H3,(H,16,19)(H,17,18). The molecule has 0 bridgehead atoms. The summed E-state index contributed by atoms with van der Waals surface area (Å²) < 4.78 is 0. The molecule has 1 unspecified atom stereocenters. The second kappa shape index (κ2) is 5.14. The first-order chi connectivity index (χ1) is 8.85. The van der Waals surface area contributed by atoms with Crippen LogP contribution in [0.15, 0.2) is 0 Å². The Labute approximate surface area is 115 Å². The molecule has 108 valence electrons. The Hall–Kier alpha value is -1.06. The van der Waals surface area contributed by atoms with Gasteiger partial charge in [-0.3, -0.25) is 9.59 Å². The molecule has 0 saturated heterocycles. The van der Waals surface area contributed by atoms with E-state index >= 15 is 0 Å². The third-order valence-electron chi connectivity index (χ3n) is 4.91. The molecule has 2 aliphatic carbocycles.